The van der Waals surface area contributed by atoms with Crippen LogP contribution in [0, 0.1) is 0 Å². The molecule has 2 N–H and O–H groups in total. The first-order valence-corrected chi connectivity index (χ1v) is 3.76. The van der Waals surface area contributed by atoms with Gasteiger partial charge in [-0.2, -0.15) is 0 Å². The third kappa shape index (κ3) is 1.92. The highest BCUT2D eigenvalue weighted by Crippen LogP contribution is 2.14. The number of hydrogen-bond acceptors (Lipinski definition) is 4. The van der Waals surface area contributed by atoms with Crippen molar-refractivity contribution in [3.8, 4) is 0 Å². The number of anilines is 1. The van der Waals surface area contributed by atoms with Crippen LogP contribution < -0.4 is 5.32 Å². The summed E-state index contributed by atoms with van der Waals surface area (Å²) in [5.74, 6) is 0.432. The fraction of sp³-hybridized carbons (Fsp3) is 0.500. The molecule has 1 aromatic heterocycles. The first kappa shape index (κ1) is 8.93. The Kier molecular flexibility index (Phi) is 2.28. The predicted molar refractivity (Wildman–Crippen MR) is 46.8 cm³/mol. The molecule has 0 spiro atoms. The first-order valence-electron chi connectivity index (χ1n) is 3.76. The van der Waals surface area contributed by atoms with E-state index in [1.165, 1.54) is 0 Å². The van der Waals surface area contributed by atoms with Crippen LogP contribution in [0.2, 0.25) is 0 Å². The SMILES string of the molecule is CNc1cnc(C(C)(C)O)nc1. The van der Waals surface area contributed by atoms with Crippen molar-refractivity contribution in [2.45, 2.75) is 19.4 Å². The van der Waals surface area contributed by atoms with Gasteiger partial charge in [0.25, 0.3) is 0 Å². The zero-order chi connectivity index (χ0) is 9.19. The minimum Gasteiger partial charge on any atom is -0.386 e. The van der Waals surface area contributed by atoms with Crippen LogP contribution in [-0.2, 0) is 5.60 Å². The molecule has 0 atom stereocenters. The molecule has 0 fully saturated rings. The second-order valence-electron chi connectivity index (χ2n) is 3.10. The van der Waals surface area contributed by atoms with Gasteiger partial charge in [-0.05, 0) is 13.8 Å². The van der Waals surface area contributed by atoms with Crippen molar-refractivity contribution in [2.24, 2.45) is 0 Å². The summed E-state index contributed by atoms with van der Waals surface area (Å²) in [5.41, 5.74) is -0.130. The quantitative estimate of drug-likeness (QED) is 0.682. The number of rotatable bonds is 2. The zero-order valence-corrected chi connectivity index (χ0v) is 7.50. The molecule has 4 nitrogen and oxygen atoms in total. The fourth-order valence-electron chi connectivity index (χ4n) is 0.773. The second-order valence-corrected chi connectivity index (χ2v) is 3.10. The van der Waals surface area contributed by atoms with Crippen LogP contribution >= 0.6 is 0 Å². The Morgan fingerprint density at radius 2 is 1.83 bits per heavy atom. The number of aromatic nitrogens is 2. The second kappa shape index (κ2) is 3.06. The summed E-state index contributed by atoms with van der Waals surface area (Å²) in [5, 5.41) is 12.4. The van der Waals surface area contributed by atoms with Gasteiger partial charge in [-0.1, -0.05) is 0 Å². The van der Waals surface area contributed by atoms with E-state index in [-0.39, 0.29) is 0 Å². The maximum atomic E-state index is 9.51. The molecule has 66 valence electrons. The lowest BCUT2D eigenvalue weighted by atomic mass is 10.1. The topological polar surface area (TPSA) is 58.0 Å². The van der Waals surface area contributed by atoms with E-state index in [1.54, 1.807) is 33.3 Å². The van der Waals surface area contributed by atoms with E-state index in [0.717, 1.165) is 5.69 Å². The van der Waals surface area contributed by atoms with E-state index in [4.69, 9.17) is 0 Å². The van der Waals surface area contributed by atoms with Gasteiger partial charge < -0.3 is 10.4 Å². The summed E-state index contributed by atoms with van der Waals surface area (Å²) in [4.78, 5) is 7.99. The molecule has 0 bridgehead atoms. The van der Waals surface area contributed by atoms with Crippen molar-refractivity contribution in [1.29, 1.82) is 0 Å². The molecule has 12 heavy (non-hydrogen) atoms. The normalized spacial score (nSPS) is 11.3. The van der Waals surface area contributed by atoms with Gasteiger partial charge in [-0.15, -0.1) is 0 Å². The van der Waals surface area contributed by atoms with Gasteiger partial charge in [-0.3, -0.25) is 0 Å². The molecule has 0 aliphatic heterocycles. The minimum absolute atomic E-state index is 0.432. The summed E-state index contributed by atoms with van der Waals surface area (Å²) in [6, 6.07) is 0. The molecule has 0 aliphatic rings. The van der Waals surface area contributed by atoms with Crippen LogP contribution in [0.25, 0.3) is 0 Å². The van der Waals surface area contributed by atoms with Crippen molar-refractivity contribution >= 4 is 5.69 Å². The summed E-state index contributed by atoms with van der Waals surface area (Å²) in [6.45, 7) is 3.31. The van der Waals surface area contributed by atoms with Gasteiger partial charge in [0.05, 0.1) is 18.1 Å². The van der Waals surface area contributed by atoms with Crippen LogP contribution in [0.1, 0.15) is 19.7 Å². The summed E-state index contributed by atoms with van der Waals surface area (Å²) in [6.07, 6.45) is 3.28. The average molecular weight is 167 g/mol. The Hall–Kier alpha value is -1.16. The van der Waals surface area contributed by atoms with E-state index in [9.17, 15) is 5.11 Å². The molecular formula is C8H13N3O. The lowest BCUT2D eigenvalue weighted by molar-refractivity contribution is 0.0687. The number of nitrogens with one attached hydrogen (secondary N) is 1. The average Bonchev–Trinajstić information content (AvgIpc) is 2.03. The van der Waals surface area contributed by atoms with Gasteiger partial charge in [0, 0.05) is 7.05 Å². The van der Waals surface area contributed by atoms with E-state index < -0.39 is 5.60 Å². The predicted octanol–water partition coefficient (Wildman–Crippen LogP) is 0.746. The molecule has 0 saturated carbocycles. The summed E-state index contributed by atoms with van der Waals surface area (Å²) in [7, 11) is 1.79. The molecule has 1 aromatic rings. The highest BCUT2D eigenvalue weighted by molar-refractivity contribution is 5.36. The molecule has 4 heteroatoms. The first-order chi connectivity index (χ1) is 5.54. The van der Waals surface area contributed by atoms with Gasteiger partial charge in [0.15, 0.2) is 5.82 Å². The van der Waals surface area contributed by atoms with Gasteiger partial charge in [0.1, 0.15) is 5.60 Å². The van der Waals surface area contributed by atoms with Crippen molar-refractivity contribution in [1.82, 2.24) is 9.97 Å². The Morgan fingerprint density at radius 1 is 1.33 bits per heavy atom. The Bertz CT molecular complexity index is 250. The van der Waals surface area contributed by atoms with Crippen molar-refractivity contribution < 1.29 is 5.11 Å². The van der Waals surface area contributed by atoms with Crippen LogP contribution in [0.5, 0.6) is 0 Å². The van der Waals surface area contributed by atoms with Crippen molar-refractivity contribution in [2.75, 3.05) is 12.4 Å². The molecule has 0 saturated heterocycles. The van der Waals surface area contributed by atoms with E-state index in [0.29, 0.717) is 5.82 Å². The molecule has 0 radical (unpaired) electrons. The molecule has 0 aromatic carbocycles. The highest BCUT2D eigenvalue weighted by atomic mass is 16.3. The Balaban J connectivity index is 2.93. The van der Waals surface area contributed by atoms with E-state index in [1.807, 2.05) is 0 Å². The molecule has 0 aliphatic carbocycles. The van der Waals surface area contributed by atoms with Gasteiger partial charge in [0.2, 0.25) is 0 Å². The highest BCUT2D eigenvalue weighted by Gasteiger charge is 2.18. The van der Waals surface area contributed by atoms with Crippen LogP contribution in [0.3, 0.4) is 0 Å². The number of hydrogen-bond donors (Lipinski definition) is 2. The monoisotopic (exact) mass is 167 g/mol. The molecular weight excluding hydrogens is 154 g/mol. The molecule has 0 amide bonds. The number of nitrogens with zero attached hydrogens (tertiary/aromatic N) is 2. The largest absolute Gasteiger partial charge is 0.386 e. The fourth-order valence-corrected chi connectivity index (χ4v) is 0.773. The lowest BCUT2D eigenvalue weighted by Crippen LogP contribution is -2.19. The standard InChI is InChI=1S/C8H13N3O/c1-8(2,12)7-10-4-6(9-3)5-11-7/h4-5,9,12H,1-3H3. The van der Waals surface area contributed by atoms with E-state index >= 15 is 0 Å². The minimum atomic E-state index is -0.966. The van der Waals surface area contributed by atoms with Gasteiger partial charge in [-0.25, -0.2) is 9.97 Å². The Morgan fingerprint density at radius 3 is 2.17 bits per heavy atom. The smallest absolute Gasteiger partial charge is 0.159 e. The summed E-state index contributed by atoms with van der Waals surface area (Å²) >= 11 is 0. The van der Waals surface area contributed by atoms with Crippen molar-refractivity contribution in [3.63, 3.8) is 0 Å². The molecule has 1 rings (SSSR count). The van der Waals surface area contributed by atoms with E-state index in [2.05, 4.69) is 15.3 Å². The number of aliphatic hydroxyl groups is 1. The molecule has 0 unspecified atom stereocenters. The van der Waals surface area contributed by atoms with Crippen LogP contribution in [0.15, 0.2) is 12.4 Å². The van der Waals surface area contributed by atoms with Crippen LogP contribution in [0.4, 0.5) is 5.69 Å². The Labute approximate surface area is 71.7 Å². The lowest BCUT2D eigenvalue weighted by Gasteiger charge is -2.14. The molecule has 1 heterocycles. The summed E-state index contributed by atoms with van der Waals surface area (Å²) < 4.78 is 0. The van der Waals surface area contributed by atoms with Gasteiger partial charge >= 0.3 is 0 Å². The third-order valence-electron chi connectivity index (χ3n) is 1.49. The van der Waals surface area contributed by atoms with Crippen LogP contribution in [-0.4, -0.2) is 22.1 Å². The zero-order valence-electron chi connectivity index (χ0n) is 7.50. The maximum absolute atomic E-state index is 9.51. The third-order valence-corrected chi connectivity index (χ3v) is 1.49. The van der Waals surface area contributed by atoms with Crippen molar-refractivity contribution in [3.05, 3.63) is 18.2 Å². The maximum Gasteiger partial charge on any atom is 0.159 e.